The number of aromatic nitrogens is 2. The number of oxazole rings is 1. The first-order valence-electron chi connectivity index (χ1n) is 8.04. The third-order valence-corrected chi connectivity index (χ3v) is 4.97. The molecule has 0 N–H and O–H groups in total. The van der Waals surface area contributed by atoms with Gasteiger partial charge in [-0.05, 0) is 51.1 Å². The molecule has 130 valence electrons. The van der Waals surface area contributed by atoms with E-state index in [0.717, 1.165) is 29.1 Å². The normalized spacial score (nSPS) is 11.0. The van der Waals surface area contributed by atoms with Crippen LogP contribution in [0.3, 0.4) is 0 Å². The van der Waals surface area contributed by atoms with Crippen LogP contribution in [0, 0.1) is 19.7 Å². The van der Waals surface area contributed by atoms with Crippen molar-refractivity contribution in [3.8, 4) is 11.3 Å². The van der Waals surface area contributed by atoms with Crippen molar-refractivity contribution < 1.29 is 13.6 Å². The van der Waals surface area contributed by atoms with E-state index in [2.05, 4.69) is 16.5 Å². The number of hydrogen-bond acceptors (Lipinski definition) is 4. The number of nitrogens with zero attached hydrogens (tertiary/aromatic N) is 2. The number of thioether (sulfide) groups is 1. The summed E-state index contributed by atoms with van der Waals surface area (Å²) < 4.78 is 20.7. The van der Waals surface area contributed by atoms with E-state index in [9.17, 15) is 9.18 Å². The molecular weight excluding hydrogens is 339 g/mol. The summed E-state index contributed by atoms with van der Waals surface area (Å²) in [7, 11) is 0. The third-order valence-electron chi connectivity index (χ3n) is 4.13. The Hall–Kier alpha value is -2.34. The molecule has 0 spiro atoms. The second-order valence-electron chi connectivity index (χ2n) is 5.74. The molecule has 0 radical (unpaired) electrons. The van der Waals surface area contributed by atoms with Crippen LogP contribution in [-0.4, -0.2) is 21.1 Å². The minimum absolute atomic E-state index is 0.0549. The lowest BCUT2D eigenvalue weighted by Crippen LogP contribution is -2.05. The van der Waals surface area contributed by atoms with E-state index in [0.29, 0.717) is 11.0 Å². The molecule has 3 aromatic rings. The maximum atomic E-state index is 13.0. The summed E-state index contributed by atoms with van der Waals surface area (Å²) in [5.74, 6) is 0.573. The number of benzene rings is 1. The molecule has 0 aliphatic heterocycles. The molecule has 0 aliphatic rings. The average molecular weight is 358 g/mol. The van der Waals surface area contributed by atoms with Crippen LogP contribution in [0.4, 0.5) is 4.39 Å². The molecule has 0 bridgehead atoms. The fourth-order valence-corrected chi connectivity index (χ4v) is 3.53. The van der Waals surface area contributed by atoms with Crippen LogP contribution < -0.4 is 0 Å². The maximum absolute atomic E-state index is 13.0. The van der Waals surface area contributed by atoms with Gasteiger partial charge < -0.3 is 8.98 Å². The highest BCUT2D eigenvalue weighted by Gasteiger charge is 2.16. The number of carbonyl (C=O) groups excluding carboxylic acids is 1. The van der Waals surface area contributed by atoms with Crippen LogP contribution >= 0.6 is 11.8 Å². The molecule has 3 rings (SSSR count). The van der Waals surface area contributed by atoms with Crippen LogP contribution in [0.1, 0.15) is 28.7 Å². The minimum atomic E-state index is -0.298. The molecule has 2 aromatic heterocycles. The Kier molecular flexibility index (Phi) is 5.08. The quantitative estimate of drug-likeness (QED) is 0.465. The smallest absolute Gasteiger partial charge is 0.256 e. The van der Waals surface area contributed by atoms with Gasteiger partial charge in [0.05, 0.1) is 11.9 Å². The van der Waals surface area contributed by atoms with Crippen LogP contribution in [-0.2, 0) is 6.54 Å². The summed E-state index contributed by atoms with van der Waals surface area (Å²) in [4.78, 5) is 16.7. The van der Waals surface area contributed by atoms with Gasteiger partial charge in [-0.3, -0.25) is 4.79 Å². The predicted octanol–water partition coefficient (Wildman–Crippen LogP) is 4.89. The zero-order chi connectivity index (χ0) is 18.0. The number of rotatable bonds is 6. The maximum Gasteiger partial charge on any atom is 0.256 e. The molecule has 0 aliphatic carbocycles. The van der Waals surface area contributed by atoms with E-state index in [-0.39, 0.29) is 17.4 Å². The van der Waals surface area contributed by atoms with Gasteiger partial charge in [0.1, 0.15) is 5.82 Å². The topological polar surface area (TPSA) is 48.0 Å². The fourth-order valence-electron chi connectivity index (χ4n) is 2.85. The van der Waals surface area contributed by atoms with Gasteiger partial charge in [0.2, 0.25) is 0 Å². The molecule has 0 saturated carbocycles. The summed E-state index contributed by atoms with van der Waals surface area (Å²) in [5, 5.41) is 0.428. The molecule has 0 fully saturated rings. The summed E-state index contributed by atoms with van der Waals surface area (Å²) in [6.07, 6.45) is 1.59. The van der Waals surface area contributed by atoms with Gasteiger partial charge >= 0.3 is 0 Å². The largest absolute Gasteiger partial charge is 0.431 e. The predicted molar refractivity (Wildman–Crippen MR) is 96.5 cm³/mol. The molecule has 6 heteroatoms. The van der Waals surface area contributed by atoms with Crippen molar-refractivity contribution >= 4 is 17.5 Å². The second-order valence-corrected chi connectivity index (χ2v) is 6.66. The zero-order valence-electron chi connectivity index (χ0n) is 14.4. The molecule has 0 saturated heterocycles. The number of hydrogen-bond donors (Lipinski definition) is 0. The molecule has 0 unspecified atom stereocenters. The van der Waals surface area contributed by atoms with Crippen molar-refractivity contribution in [1.29, 1.82) is 0 Å². The molecule has 2 heterocycles. The summed E-state index contributed by atoms with van der Waals surface area (Å²) in [6, 6.07) is 7.95. The molecule has 0 amide bonds. The lowest BCUT2D eigenvalue weighted by molar-refractivity contribution is 0.102. The second kappa shape index (κ2) is 7.27. The minimum Gasteiger partial charge on any atom is -0.431 e. The van der Waals surface area contributed by atoms with Gasteiger partial charge in [0.25, 0.3) is 5.22 Å². The van der Waals surface area contributed by atoms with Gasteiger partial charge in [-0.2, -0.15) is 0 Å². The molecule has 25 heavy (non-hydrogen) atoms. The Morgan fingerprint density at radius 3 is 2.64 bits per heavy atom. The van der Waals surface area contributed by atoms with Crippen molar-refractivity contribution in [3.63, 3.8) is 0 Å². The van der Waals surface area contributed by atoms with Gasteiger partial charge in [-0.25, -0.2) is 9.37 Å². The molecular formula is C19H19FN2O2S. The Balaban J connectivity index is 1.68. The van der Waals surface area contributed by atoms with Crippen molar-refractivity contribution in [2.24, 2.45) is 0 Å². The highest BCUT2D eigenvalue weighted by Crippen LogP contribution is 2.26. The number of carbonyl (C=O) groups is 1. The first kappa shape index (κ1) is 17.5. The summed E-state index contributed by atoms with van der Waals surface area (Å²) in [5.41, 5.74) is 3.57. The Bertz CT molecular complexity index is 897. The average Bonchev–Trinajstić information content (AvgIpc) is 3.18. The van der Waals surface area contributed by atoms with Gasteiger partial charge in [0.15, 0.2) is 11.5 Å². The summed E-state index contributed by atoms with van der Waals surface area (Å²) in [6.45, 7) is 6.88. The van der Waals surface area contributed by atoms with Crippen molar-refractivity contribution in [2.75, 3.05) is 5.75 Å². The van der Waals surface area contributed by atoms with Gasteiger partial charge in [0, 0.05) is 29.1 Å². The van der Waals surface area contributed by atoms with Crippen molar-refractivity contribution in [3.05, 3.63) is 59.3 Å². The van der Waals surface area contributed by atoms with Crippen LogP contribution in [0.5, 0.6) is 0 Å². The third kappa shape index (κ3) is 3.69. The molecule has 1 aromatic carbocycles. The van der Waals surface area contributed by atoms with Crippen molar-refractivity contribution in [1.82, 2.24) is 9.55 Å². The van der Waals surface area contributed by atoms with Crippen molar-refractivity contribution in [2.45, 2.75) is 32.5 Å². The number of ketones is 1. The monoisotopic (exact) mass is 358 g/mol. The van der Waals surface area contributed by atoms with E-state index in [1.165, 1.54) is 23.9 Å². The highest BCUT2D eigenvalue weighted by atomic mass is 32.2. The van der Waals surface area contributed by atoms with E-state index >= 15 is 0 Å². The molecule has 4 nitrogen and oxygen atoms in total. The van der Waals surface area contributed by atoms with Gasteiger partial charge in [-0.15, -0.1) is 0 Å². The number of aryl methyl sites for hydroxylation is 1. The lowest BCUT2D eigenvalue weighted by atomic mass is 10.2. The van der Waals surface area contributed by atoms with Crippen LogP contribution in [0.2, 0.25) is 0 Å². The SMILES string of the molecule is CCn1c(C)cc(C(=O)CSc2ncc(-c3ccc(F)cc3)o2)c1C. The summed E-state index contributed by atoms with van der Waals surface area (Å²) >= 11 is 1.26. The lowest BCUT2D eigenvalue weighted by Gasteiger charge is -2.05. The molecule has 0 atom stereocenters. The number of halogens is 1. The Labute approximate surface area is 150 Å². The highest BCUT2D eigenvalue weighted by molar-refractivity contribution is 7.99. The standard InChI is InChI=1S/C19H19FN2O2S/c1-4-22-12(2)9-16(13(22)3)17(23)11-25-19-21-10-18(24-19)14-5-7-15(20)8-6-14/h5-10H,4,11H2,1-3H3. The fraction of sp³-hybridized carbons (Fsp3) is 0.263. The first-order valence-corrected chi connectivity index (χ1v) is 9.02. The Morgan fingerprint density at radius 2 is 2.00 bits per heavy atom. The van der Waals surface area contributed by atoms with Crippen LogP contribution in [0.25, 0.3) is 11.3 Å². The van der Waals surface area contributed by atoms with Gasteiger partial charge in [-0.1, -0.05) is 11.8 Å². The van der Waals surface area contributed by atoms with E-state index in [1.807, 2.05) is 19.9 Å². The Morgan fingerprint density at radius 1 is 1.28 bits per heavy atom. The number of Topliss-reactive ketones (excluding diaryl/α,β-unsaturated/α-hetero) is 1. The zero-order valence-corrected chi connectivity index (χ0v) is 15.2. The van der Waals surface area contributed by atoms with E-state index < -0.39 is 0 Å². The van der Waals surface area contributed by atoms with Crippen LogP contribution in [0.15, 0.2) is 46.2 Å². The van der Waals surface area contributed by atoms with E-state index in [4.69, 9.17) is 4.42 Å². The van der Waals surface area contributed by atoms with E-state index in [1.54, 1.807) is 18.3 Å². The first-order chi connectivity index (χ1) is 12.0.